The van der Waals surface area contributed by atoms with E-state index in [4.69, 9.17) is 4.74 Å². The Hall–Kier alpha value is -1.60. The molecule has 0 saturated carbocycles. The standard InChI is InChI=1S/C13H13BrN2O3S/c1-9-3-4-10(8-15-9)16-20(17,18)11-5-6-13(19-2)12(14)7-11/h3-8,16H,1-2H3. The van der Waals surface area contributed by atoms with Crippen molar-refractivity contribution < 1.29 is 13.2 Å². The first kappa shape index (κ1) is 14.8. The Morgan fingerprint density at radius 3 is 2.55 bits per heavy atom. The molecule has 20 heavy (non-hydrogen) atoms. The van der Waals surface area contributed by atoms with E-state index < -0.39 is 10.0 Å². The minimum absolute atomic E-state index is 0.144. The van der Waals surface area contributed by atoms with Gasteiger partial charge in [-0.3, -0.25) is 9.71 Å². The third-order valence-electron chi connectivity index (χ3n) is 2.60. The van der Waals surface area contributed by atoms with Crippen LogP contribution in [0.1, 0.15) is 5.69 Å². The van der Waals surface area contributed by atoms with E-state index in [-0.39, 0.29) is 4.90 Å². The van der Waals surface area contributed by atoms with E-state index in [0.29, 0.717) is 15.9 Å². The summed E-state index contributed by atoms with van der Waals surface area (Å²) >= 11 is 3.27. The van der Waals surface area contributed by atoms with Crippen LogP contribution >= 0.6 is 15.9 Å². The summed E-state index contributed by atoms with van der Waals surface area (Å²) < 4.78 is 32.6. The van der Waals surface area contributed by atoms with Crippen molar-refractivity contribution in [3.63, 3.8) is 0 Å². The van der Waals surface area contributed by atoms with Crippen LogP contribution in [-0.2, 0) is 10.0 Å². The second-order valence-corrected chi connectivity index (χ2v) is 6.63. The molecule has 1 aromatic carbocycles. The molecule has 0 bridgehead atoms. The number of pyridine rings is 1. The Balaban J connectivity index is 2.30. The molecule has 1 heterocycles. The predicted octanol–water partition coefficient (Wildman–Crippen LogP) is 2.96. The highest BCUT2D eigenvalue weighted by Crippen LogP contribution is 2.28. The Morgan fingerprint density at radius 2 is 2.00 bits per heavy atom. The van der Waals surface area contributed by atoms with Crippen LogP contribution in [0.5, 0.6) is 5.75 Å². The summed E-state index contributed by atoms with van der Waals surface area (Å²) in [5.74, 6) is 0.570. The van der Waals surface area contributed by atoms with E-state index in [2.05, 4.69) is 25.6 Å². The van der Waals surface area contributed by atoms with Gasteiger partial charge < -0.3 is 4.74 Å². The maximum atomic E-state index is 12.2. The van der Waals surface area contributed by atoms with Gasteiger partial charge in [0, 0.05) is 5.69 Å². The smallest absolute Gasteiger partial charge is 0.261 e. The molecule has 7 heteroatoms. The van der Waals surface area contributed by atoms with Gasteiger partial charge in [0.2, 0.25) is 0 Å². The summed E-state index contributed by atoms with van der Waals surface area (Å²) in [5, 5.41) is 0. The van der Waals surface area contributed by atoms with Crippen molar-refractivity contribution in [1.29, 1.82) is 0 Å². The molecular formula is C13H13BrN2O3S. The number of aryl methyl sites for hydroxylation is 1. The monoisotopic (exact) mass is 356 g/mol. The van der Waals surface area contributed by atoms with E-state index in [1.54, 1.807) is 18.2 Å². The zero-order chi connectivity index (χ0) is 14.8. The van der Waals surface area contributed by atoms with Crippen molar-refractivity contribution >= 4 is 31.6 Å². The van der Waals surface area contributed by atoms with Crippen LogP contribution in [0.25, 0.3) is 0 Å². The highest BCUT2D eigenvalue weighted by molar-refractivity contribution is 9.10. The highest BCUT2D eigenvalue weighted by atomic mass is 79.9. The Kier molecular flexibility index (Phi) is 4.29. The highest BCUT2D eigenvalue weighted by Gasteiger charge is 2.16. The first-order valence-electron chi connectivity index (χ1n) is 5.71. The van der Waals surface area contributed by atoms with Gasteiger partial charge in [0.15, 0.2) is 0 Å². The largest absolute Gasteiger partial charge is 0.496 e. The fraction of sp³-hybridized carbons (Fsp3) is 0.154. The summed E-state index contributed by atoms with van der Waals surface area (Å²) in [6, 6.07) is 7.96. The Morgan fingerprint density at radius 1 is 1.25 bits per heavy atom. The molecule has 2 aromatic rings. The quantitative estimate of drug-likeness (QED) is 0.914. The van der Waals surface area contributed by atoms with E-state index in [0.717, 1.165) is 5.69 Å². The number of nitrogens with zero attached hydrogens (tertiary/aromatic N) is 1. The molecule has 0 aliphatic heterocycles. The van der Waals surface area contributed by atoms with Crippen molar-refractivity contribution in [2.24, 2.45) is 0 Å². The zero-order valence-electron chi connectivity index (χ0n) is 10.9. The molecule has 106 valence electrons. The second-order valence-electron chi connectivity index (χ2n) is 4.09. The normalized spacial score (nSPS) is 11.2. The van der Waals surface area contributed by atoms with E-state index in [1.165, 1.54) is 25.4 Å². The molecule has 0 saturated heterocycles. The third kappa shape index (κ3) is 3.29. The number of anilines is 1. The number of benzene rings is 1. The lowest BCUT2D eigenvalue weighted by molar-refractivity contribution is 0.411. The number of ether oxygens (including phenoxy) is 1. The molecule has 0 amide bonds. The molecule has 5 nitrogen and oxygen atoms in total. The van der Waals surface area contributed by atoms with Gasteiger partial charge in [-0.1, -0.05) is 0 Å². The number of aromatic nitrogens is 1. The SMILES string of the molecule is COc1ccc(S(=O)(=O)Nc2ccc(C)nc2)cc1Br. The van der Waals surface area contributed by atoms with Crippen LogP contribution < -0.4 is 9.46 Å². The lowest BCUT2D eigenvalue weighted by Crippen LogP contribution is -2.13. The molecule has 2 rings (SSSR count). The number of sulfonamides is 1. The minimum atomic E-state index is -3.65. The van der Waals surface area contributed by atoms with Gasteiger partial charge in [0.1, 0.15) is 5.75 Å². The summed E-state index contributed by atoms with van der Waals surface area (Å²) in [6.45, 7) is 1.83. The molecule has 1 N–H and O–H groups in total. The topological polar surface area (TPSA) is 68.3 Å². The van der Waals surface area contributed by atoms with Crippen molar-refractivity contribution in [1.82, 2.24) is 4.98 Å². The van der Waals surface area contributed by atoms with Gasteiger partial charge in [0.05, 0.1) is 28.4 Å². The van der Waals surface area contributed by atoms with Gasteiger partial charge in [-0.05, 0) is 53.2 Å². The molecule has 0 atom stereocenters. The summed E-state index contributed by atoms with van der Waals surface area (Å²) in [6.07, 6.45) is 1.48. The van der Waals surface area contributed by atoms with Crippen molar-refractivity contribution in [3.05, 3.63) is 46.7 Å². The van der Waals surface area contributed by atoms with Crippen LogP contribution in [0, 0.1) is 6.92 Å². The molecule has 0 radical (unpaired) electrons. The van der Waals surface area contributed by atoms with Crippen molar-refractivity contribution in [3.8, 4) is 5.75 Å². The first-order valence-corrected chi connectivity index (χ1v) is 7.99. The molecule has 0 fully saturated rings. The van der Waals surface area contributed by atoms with Gasteiger partial charge >= 0.3 is 0 Å². The lowest BCUT2D eigenvalue weighted by atomic mass is 10.3. The first-order chi connectivity index (χ1) is 9.42. The van der Waals surface area contributed by atoms with Crippen LogP contribution in [0.4, 0.5) is 5.69 Å². The Labute approximate surface area is 126 Å². The number of halogens is 1. The molecule has 1 aromatic heterocycles. The second kappa shape index (κ2) is 5.80. The number of hydrogen-bond donors (Lipinski definition) is 1. The summed E-state index contributed by atoms with van der Waals surface area (Å²) in [7, 11) is -2.13. The average Bonchev–Trinajstić information content (AvgIpc) is 2.41. The van der Waals surface area contributed by atoms with Crippen LogP contribution in [-0.4, -0.2) is 20.5 Å². The maximum Gasteiger partial charge on any atom is 0.261 e. The summed E-state index contributed by atoms with van der Waals surface area (Å²) in [4.78, 5) is 4.19. The molecule has 0 aliphatic rings. The Bertz CT molecular complexity index is 715. The van der Waals surface area contributed by atoms with Gasteiger partial charge in [0.25, 0.3) is 10.0 Å². The van der Waals surface area contributed by atoms with Gasteiger partial charge in [-0.15, -0.1) is 0 Å². The number of methoxy groups -OCH3 is 1. The zero-order valence-corrected chi connectivity index (χ0v) is 13.3. The minimum Gasteiger partial charge on any atom is -0.496 e. The van der Waals surface area contributed by atoms with E-state index in [9.17, 15) is 8.42 Å². The van der Waals surface area contributed by atoms with Gasteiger partial charge in [-0.25, -0.2) is 8.42 Å². The van der Waals surface area contributed by atoms with Crippen LogP contribution in [0.2, 0.25) is 0 Å². The average molecular weight is 357 g/mol. The molecule has 0 aliphatic carbocycles. The van der Waals surface area contributed by atoms with Crippen molar-refractivity contribution in [2.45, 2.75) is 11.8 Å². The molecule has 0 unspecified atom stereocenters. The van der Waals surface area contributed by atoms with Crippen molar-refractivity contribution in [2.75, 3.05) is 11.8 Å². The fourth-order valence-electron chi connectivity index (χ4n) is 1.56. The third-order valence-corrected chi connectivity index (χ3v) is 4.60. The van der Waals surface area contributed by atoms with Gasteiger partial charge in [-0.2, -0.15) is 0 Å². The predicted molar refractivity (Wildman–Crippen MR) is 80.5 cm³/mol. The number of rotatable bonds is 4. The van der Waals surface area contributed by atoms with E-state index in [1.807, 2.05) is 6.92 Å². The van der Waals surface area contributed by atoms with E-state index >= 15 is 0 Å². The maximum absolute atomic E-state index is 12.2. The molecule has 0 spiro atoms. The molecular weight excluding hydrogens is 344 g/mol. The number of nitrogens with one attached hydrogen (secondary N) is 1. The summed E-state index contributed by atoms with van der Waals surface area (Å²) in [5.41, 5.74) is 1.24. The lowest BCUT2D eigenvalue weighted by Gasteiger charge is -2.09. The fourth-order valence-corrected chi connectivity index (χ4v) is 3.32. The van der Waals surface area contributed by atoms with Crippen LogP contribution in [0.3, 0.4) is 0 Å². The van der Waals surface area contributed by atoms with Crippen LogP contribution in [0.15, 0.2) is 45.9 Å². The number of hydrogen-bond acceptors (Lipinski definition) is 4.